The van der Waals surface area contributed by atoms with Gasteiger partial charge in [0.05, 0.1) is 18.7 Å². The molecule has 2 aromatic carbocycles. The Morgan fingerprint density at radius 3 is 2.42 bits per heavy atom. The lowest BCUT2D eigenvalue weighted by molar-refractivity contribution is -0.121. The van der Waals surface area contributed by atoms with Crippen LogP contribution in [0, 0.1) is 3.57 Å². The van der Waals surface area contributed by atoms with Crippen molar-refractivity contribution in [3.63, 3.8) is 0 Å². The summed E-state index contributed by atoms with van der Waals surface area (Å²) in [5, 5.41) is 3.14. The van der Waals surface area contributed by atoms with E-state index in [0.29, 0.717) is 18.0 Å². The normalized spacial score (nSPS) is 17.2. The minimum absolute atomic E-state index is 0.151. The molecule has 0 radical (unpaired) electrons. The minimum Gasteiger partial charge on any atom is -0.494 e. The predicted octanol–water partition coefficient (Wildman–Crippen LogP) is 3.43. The zero-order chi connectivity index (χ0) is 17.1. The van der Waals surface area contributed by atoms with Crippen molar-refractivity contribution < 1.29 is 14.3 Å². The highest BCUT2D eigenvalue weighted by Crippen LogP contribution is 2.27. The number of nitrogens with one attached hydrogen (secondary N) is 1. The van der Waals surface area contributed by atoms with Crippen LogP contribution >= 0.6 is 22.6 Å². The first-order chi connectivity index (χ1) is 11.6. The van der Waals surface area contributed by atoms with Gasteiger partial charge in [0.15, 0.2) is 0 Å². The third kappa shape index (κ3) is 3.53. The molecule has 0 aromatic heterocycles. The molecule has 1 aliphatic heterocycles. The highest BCUT2D eigenvalue weighted by molar-refractivity contribution is 14.1. The van der Waals surface area contributed by atoms with Crippen LogP contribution in [0.1, 0.15) is 13.3 Å². The Balaban J connectivity index is 1.74. The summed E-state index contributed by atoms with van der Waals surface area (Å²) in [6.07, 6.45) is 0.151. The molecule has 1 saturated heterocycles. The number of halogens is 1. The molecule has 0 aliphatic carbocycles. The maximum Gasteiger partial charge on any atom is 0.256 e. The van der Waals surface area contributed by atoms with Gasteiger partial charge in [-0.05, 0) is 78.0 Å². The van der Waals surface area contributed by atoms with E-state index >= 15 is 0 Å². The van der Waals surface area contributed by atoms with E-state index in [9.17, 15) is 9.59 Å². The summed E-state index contributed by atoms with van der Waals surface area (Å²) in [6, 6.07) is 14.2. The molecular weight excluding hydrogens is 419 g/mol. The van der Waals surface area contributed by atoms with Gasteiger partial charge in [0, 0.05) is 9.26 Å². The molecule has 1 aliphatic rings. The summed E-state index contributed by atoms with van der Waals surface area (Å²) < 4.78 is 6.50. The Morgan fingerprint density at radius 2 is 1.79 bits per heavy atom. The summed E-state index contributed by atoms with van der Waals surface area (Å²) in [4.78, 5) is 26.1. The summed E-state index contributed by atoms with van der Waals surface area (Å²) in [5.74, 6) is 0.281. The zero-order valence-electron chi connectivity index (χ0n) is 13.2. The fraction of sp³-hybridized carbons (Fsp3) is 0.222. The molecule has 0 bridgehead atoms. The maximum absolute atomic E-state index is 12.6. The SMILES string of the molecule is CCOc1ccc(N2C(=O)CC(Nc3ccc(I)cc3)C2=O)cc1. The van der Waals surface area contributed by atoms with Crippen molar-refractivity contribution in [1.29, 1.82) is 0 Å². The first-order valence-electron chi connectivity index (χ1n) is 7.70. The van der Waals surface area contributed by atoms with Gasteiger partial charge in [-0.15, -0.1) is 0 Å². The molecule has 2 aromatic rings. The number of rotatable bonds is 5. The van der Waals surface area contributed by atoms with E-state index in [1.165, 1.54) is 4.90 Å². The molecule has 5 nitrogen and oxygen atoms in total. The Morgan fingerprint density at radius 1 is 1.12 bits per heavy atom. The van der Waals surface area contributed by atoms with Crippen LogP contribution in [0.5, 0.6) is 5.75 Å². The number of hydrogen-bond acceptors (Lipinski definition) is 4. The number of benzene rings is 2. The molecule has 1 unspecified atom stereocenters. The van der Waals surface area contributed by atoms with E-state index in [0.717, 1.165) is 9.26 Å². The van der Waals surface area contributed by atoms with Crippen LogP contribution in [0.3, 0.4) is 0 Å². The van der Waals surface area contributed by atoms with Crippen LogP contribution in [-0.4, -0.2) is 24.5 Å². The van der Waals surface area contributed by atoms with Crippen LogP contribution in [0.4, 0.5) is 11.4 Å². The first-order valence-corrected chi connectivity index (χ1v) is 8.78. The molecule has 1 fully saturated rings. The molecule has 1 N–H and O–H groups in total. The smallest absolute Gasteiger partial charge is 0.256 e. The number of nitrogens with zero attached hydrogens (tertiary/aromatic N) is 1. The fourth-order valence-electron chi connectivity index (χ4n) is 2.62. The molecule has 1 heterocycles. The minimum atomic E-state index is -0.538. The highest BCUT2D eigenvalue weighted by Gasteiger charge is 2.39. The summed E-state index contributed by atoms with van der Waals surface area (Å²) in [7, 11) is 0. The topological polar surface area (TPSA) is 58.6 Å². The van der Waals surface area contributed by atoms with Gasteiger partial charge in [0.25, 0.3) is 5.91 Å². The van der Waals surface area contributed by atoms with Crippen LogP contribution < -0.4 is 15.0 Å². The van der Waals surface area contributed by atoms with Gasteiger partial charge in [-0.2, -0.15) is 0 Å². The average Bonchev–Trinajstić information content (AvgIpc) is 2.85. The molecule has 0 saturated carbocycles. The molecule has 1 atom stereocenters. The first kappa shape index (κ1) is 16.8. The van der Waals surface area contributed by atoms with Gasteiger partial charge >= 0.3 is 0 Å². The predicted molar refractivity (Wildman–Crippen MR) is 101 cm³/mol. The Hall–Kier alpha value is -2.09. The van der Waals surface area contributed by atoms with Crippen LogP contribution in [0.15, 0.2) is 48.5 Å². The van der Waals surface area contributed by atoms with E-state index in [1.54, 1.807) is 24.3 Å². The standard InChI is InChI=1S/C18H17IN2O3/c1-2-24-15-9-7-14(8-10-15)21-17(22)11-16(18(21)23)20-13-5-3-12(19)4-6-13/h3-10,16,20H,2,11H2,1H3. The number of anilines is 2. The molecule has 124 valence electrons. The molecule has 2 amide bonds. The number of ether oxygens (including phenoxy) is 1. The average molecular weight is 436 g/mol. The van der Waals surface area contributed by atoms with E-state index in [4.69, 9.17) is 4.74 Å². The van der Waals surface area contributed by atoms with Crippen LogP contribution in [-0.2, 0) is 9.59 Å². The lowest BCUT2D eigenvalue weighted by Gasteiger charge is -2.16. The van der Waals surface area contributed by atoms with E-state index < -0.39 is 6.04 Å². The zero-order valence-corrected chi connectivity index (χ0v) is 15.3. The summed E-state index contributed by atoms with van der Waals surface area (Å²) >= 11 is 2.22. The molecule has 3 rings (SSSR count). The largest absolute Gasteiger partial charge is 0.494 e. The second-order valence-electron chi connectivity index (χ2n) is 5.40. The van der Waals surface area contributed by atoms with Gasteiger partial charge in [0.2, 0.25) is 5.91 Å². The third-order valence-corrected chi connectivity index (χ3v) is 4.46. The molecular formula is C18H17IN2O3. The van der Waals surface area contributed by atoms with Gasteiger partial charge in [-0.1, -0.05) is 0 Å². The summed E-state index contributed by atoms with van der Waals surface area (Å²) in [5.41, 5.74) is 1.40. The fourth-order valence-corrected chi connectivity index (χ4v) is 2.98. The Kier molecular flexibility index (Phi) is 5.03. The number of hydrogen-bond donors (Lipinski definition) is 1. The number of carbonyl (C=O) groups is 2. The van der Waals surface area contributed by atoms with Crippen LogP contribution in [0.25, 0.3) is 0 Å². The van der Waals surface area contributed by atoms with Crippen molar-refractivity contribution in [3.05, 3.63) is 52.1 Å². The van der Waals surface area contributed by atoms with E-state index in [2.05, 4.69) is 27.9 Å². The van der Waals surface area contributed by atoms with Crippen molar-refractivity contribution in [3.8, 4) is 5.75 Å². The van der Waals surface area contributed by atoms with Gasteiger partial charge < -0.3 is 10.1 Å². The molecule has 6 heteroatoms. The van der Waals surface area contributed by atoms with Crippen molar-refractivity contribution in [2.75, 3.05) is 16.8 Å². The highest BCUT2D eigenvalue weighted by atomic mass is 127. The Labute approximate surface area is 154 Å². The van der Waals surface area contributed by atoms with Gasteiger partial charge in [-0.3, -0.25) is 9.59 Å². The van der Waals surface area contributed by atoms with Crippen LogP contribution in [0.2, 0.25) is 0 Å². The second-order valence-corrected chi connectivity index (χ2v) is 6.65. The van der Waals surface area contributed by atoms with E-state index in [-0.39, 0.29) is 18.2 Å². The van der Waals surface area contributed by atoms with Crippen molar-refractivity contribution in [2.45, 2.75) is 19.4 Å². The number of carbonyl (C=O) groups excluding carboxylic acids is 2. The lowest BCUT2D eigenvalue weighted by Crippen LogP contribution is -2.34. The van der Waals surface area contributed by atoms with Crippen molar-refractivity contribution >= 4 is 45.8 Å². The molecule has 0 spiro atoms. The molecule has 24 heavy (non-hydrogen) atoms. The third-order valence-electron chi connectivity index (χ3n) is 3.74. The number of amides is 2. The Bertz CT molecular complexity index is 744. The van der Waals surface area contributed by atoms with Crippen molar-refractivity contribution in [1.82, 2.24) is 0 Å². The summed E-state index contributed by atoms with van der Waals surface area (Å²) in [6.45, 7) is 2.48. The number of imide groups is 1. The quantitative estimate of drug-likeness (QED) is 0.577. The van der Waals surface area contributed by atoms with Gasteiger partial charge in [-0.25, -0.2) is 4.90 Å². The lowest BCUT2D eigenvalue weighted by atomic mass is 10.2. The van der Waals surface area contributed by atoms with Crippen molar-refractivity contribution in [2.24, 2.45) is 0 Å². The van der Waals surface area contributed by atoms with E-state index in [1.807, 2.05) is 31.2 Å². The monoisotopic (exact) mass is 436 g/mol. The maximum atomic E-state index is 12.6. The van der Waals surface area contributed by atoms with Gasteiger partial charge in [0.1, 0.15) is 11.8 Å². The second kappa shape index (κ2) is 7.21.